The molecule has 5 nitrogen and oxygen atoms in total. The van der Waals surface area contributed by atoms with Gasteiger partial charge < -0.3 is 15.1 Å². The van der Waals surface area contributed by atoms with Crippen LogP contribution in [0.3, 0.4) is 0 Å². The number of nitrogens with zero attached hydrogens (tertiary/aromatic N) is 2. The van der Waals surface area contributed by atoms with E-state index < -0.39 is 0 Å². The third kappa shape index (κ3) is 3.94. The Balaban J connectivity index is 1.50. The van der Waals surface area contributed by atoms with E-state index in [0.717, 1.165) is 52.9 Å². The van der Waals surface area contributed by atoms with E-state index in [9.17, 15) is 0 Å². The van der Waals surface area contributed by atoms with Crippen LogP contribution >= 0.6 is 11.3 Å². The van der Waals surface area contributed by atoms with Crippen molar-refractivity contribution in [2.75, 3.05) is 13.6 Å². The topological polar surface area (TPSA) is 62.5 Å². The molecule has 24 heavy (non-hydrogen) atoms. The maximum Gasteiger partial charge on any atom is 0.191 e. The molecule has 2 aromatic heterocycles. The molecular formula is C18H22N4OS. The second-order valence-electron chi connectivity index (χ2n) is 5.59. The van der Waals surface area contributed by atoms with E-state index in [2.05, 4.69) is 32.7 Å². The molecule has 0 radical (unpaired) electrons. The number of thiazole rings is 1. The molecule has 0 bridgehead atoms. The lowest BCUT2D eigenvalue weighted by atomic mass is 10.2. The highest BCUT2D eigenvalue weighted by molar-refractivity contribution is 7.11. The summed E-state index contributed by atoms with van der Waals surface area (Å²) in [5, 5.41) is 8.89. The normalized spacial score (nSPS) is 11.9. The lowest BCUT2D eigenvalue weighted by molar-refractivity contribution is 0.544. The first kappa shape index (κ1) is 16.5. The van der Waals surface area contributed by atoms with Crippen molar-refractivity contribution in [3.05, 3.63) is 51.7 Å². The Morgan fingerprint density at radius 3 is 2.79 bits per heavy atom. The van der Waals surface area contributed by atoms with E-state index in [1.165, 1.54) is 4.88 Å². The van der Waals surface area contributed by atoms with Crippen LogP contribution in [0.2, 0.25) is 0 Å². The fourth-order valence-electron chi connectivity index (χ4n) is 2.59. The lowest BCUT2D eigenvalue weighted by Gasteiger charge is -2.10. The molecule has 0 spiro atoms. The molecule has 0 aliphatic rings. The highest BCUT2D eigenvalue weighted by atomic mass is 32.1. The second kappa shape index (κ2) is 7.49. The minimum absolute atomic E-state index is 0.738. The Bertz CT molecular complexity index is 817. The van der Waals surface area contributed by atoms with Crippen LogP contribution in [0.5, 0.6) is 0 Å². The van der Waals surface area contributed by atoms with Gasteiger partial charge in [-0.05, 0) is 26.0 Å². The summed E-state index contributed by atoms with van der Waals surface area (Å²) in [4.78, 5) is 9.95. The minimum Gasteiger partial charge on any atom is -0.461 e. The van der Waals surface area contributed by atoms with E-state index in [-0.39, 0.29) is 0 Å². The first-order chi connectivity index (χ1) is 11.7. The summed E-state index contributed by atoms with van der Waals surface area (Å²) < 4.78 is 5.82. The van der Waals surface area contributed by atoms with Crippen molar-refractivity contribution < 1.29 is 4.42 Å². The average Bonchev–Trinajstić information content (AvgIpc) is 3.12. The van der Waals surface area contributed by atoms with Crippen molar-refractivity contribution in [2.24, 2.45) is 4.99 Å². The molecule has 0 aliphatic heterocycles. The monoisotopic (exact) mass is 342 g/mol. The molecule has 1 aromatic carbocycles. The van der Waals surface area contributed by atoms with E-state index in [0.29, 0.717) is 0 Å². The van der Waals surface area contributed by atoms with Crippen molar-refractivity contribution in [2.45, 2.75) is 26.8 Å². The number of benzene rings is 1. The highest BCUT2D eigenvalue weighted by Gasteiger charge is 2.06. The number of fused-ring (bicyclic) bond motifs is 1. The molecule has 0 amide bonds. The number of furan rings is 1. The number of aromatic nitrogens is 1. The van der Waals surface area contributed by atoms with Gasteiger partial charge in [0.25, 0.3) is 0 Å². The van der Waals surface area contributed by atoms with Gasteiger partial charge in [0, 0.05) is 30.3 Å². The maximum absolute atomic E-state index is 5.82. The predicted octanol–water partition coefficient (Wildman–Crippen LogP) is 3.41. The number of aryl methyl sites for hydroxylation is 2. The molecule has 126 valence electrons. The van der Waals surface area contributed by atoms with Gasteiger partial charge >= 0.3 is 0 Å². The maximum atomic E-state index is 5.82. The van der Waals surface area contributed by atoms with Crippen molar-refractivity contribution in [1.29, 1.82) is 0 Å². The number of hydrogen-bond donors (Lipinski definition) is 2. The molecule has 0 saturated carbocycles. The van der Waals surface area contributed by atoms with Gasteiger partial charge in [0.15, 0.2) is 5.96 Å². The summed E-state index contributed by atoms with van der Waals surface area (Å²) in [7, 11) is 1.78. The van der Waals surface area contributed by atoms with Gasteiger partial charge in [-0.15, -0.1) is 11.3 Å². The molecule has 0 aliphatic carbocycles. The van der Waals surface area contributed by atoms with Gasteiger partial charge in [-0.1, -0.05) is 18.2 Å². The van der Waals surface area contributed by atoms with Crippen LogP contribution in [0.15, 0.2) is 39.7 Å². The molecule has 3 aromatic rings. The zero-order chi connectivity index (χ0) is 16.9. The molecule has 0 unspecified atom stereocenters. The summed E-state index contributed by atoms with van der Waals surface area (Å²) >= 11 is 1.72. The first-order valence-electron chi connectivity index (χ1n) is 8.00. The second-order valence-corrected chi connectivity index (χ2v) is 6.88. The largest absolute Gasteiger partial charge is 0.461 e. The Kier molecular flexibility index (Phi) is 5.15. The fraction of sp³-hybridized carbons (Fsp3) is 0.333. The molecule has 6 heteroatoms. The number of para-hydroxylation sites is 1. The zero-order valence-electron chi connectivity index (χ0n) is 14.2. The summed E-state index contributed by atoms with van der Waals surface area (Å²) in [6.45, 7) is 5.57. The van der Waals surface area contributed by atoms with Gasteiger partial charge in [0.05, 0.1) is 17.2 Å². The Morgan fingerprint density at radius 1 is 1.25 bits per heavy atom. The van der Waals surface area contributed by atoms with Crippen LogP contribution in [0.4, 0.5) is 0 Å². The van der Waals surface area contributed by atoms with Crippen molar-refractivity contribution in [3.63, 3.8) is 0 Å². The van der Waals surface area contributed by atoms with Gasteiger partial charge in [0.1, 0.15) is 11.3 Å². The van der Waals surface area contributed by atoms with Crippen molar-refractivity contribution in [3.8, 4) is 0 Å². The molecule has 2 N–H and O–H groups in total. The van der Waals surface area contributed by atoms with Gasteiger partial charge in [0.2, 0.25) is 0 Å². The van der Waals surface area contributed by atoms with Crippen LogP contribution in [0, 0.1) is 13.8 Å². The minimum atomic E-state index is 0.738. The van der Waals surface area contributed by atoms with Crippen molar-refractivity contribution in [1.82, 2.24) is 15.6 Å². The third-order valence-electron chi connectivity index (χ3n) is 3.78. The lowest BCUT2D eigenvalue weighted by Crippen LogP contribution is -2.37. The Hall–Kier alpha value is -2.34. The van der Waals surface area contributed by atoms with E-state index in [4.69, 9.17) is 4.42 Å². The van der Waals surface area contributed by atoms with Crippen LogP contribution in [0.25, 0.3) is 11.0 Å². The summed E-state index contributed by atoms with van der Waals surface area (Å²) in [5.74, 6) is 1.77. The third-order valence-corrected chi connectivity index (χ3v) is 4.85. The van der Waals surface area contributed by atoms with Crippen molar-refractivity contribution >= 4 is 28.3 Å². The van der Waals surface area contributed by atoms with Gasteiger partial charge in [-0.3, -0.25) is 4.99 Å². The van der Waals surface area contributed by atoms with E-state index in [1.54, 1.807) is 18.4 Å². The quantitative estimate of drug-likeness (QED) is 0.551. The molecule has 2 heterocycles. The number of aliphatic imine (C=N–C) groups is 1. The summed E-state index contributed by atoms with van der Waals surface area (Å²) in [5.41, 5.74) is 2.02. The fourth-order valence-corrected chi connectivity index (χ4v) is 3.46. The Morgan fingerprint density at radius 2 is 2.08 bits per heavy atom. The summed E-state index contributed by atoms with van der Waals surface area (Å²) in [6.07, 6.45) is 0.814. The standard InChI is InChI=1S/C18H22N4OS/c1-12-17(24-13(2)22-12)11-21-18(19-3)20-9-8-15-10-14-6-4-5-7-16(14)23-15/h4-7,10H,8-9,11H2,1-3H3,(H2,19,20,21). The van der Waals surface area contributed by atoms with Crippen LogP contribution in [-0.4, -0.2) is 24.5 Å². The Labute approximate surface area is 145 Å². The van der Waals surface area contributed by atoms with Crippen LogP contribution in [0.1, 0.15) is 21.3 Å². The molecule has 3 rings (SSSR count). The molecule has 0 atom stereocenters. The number of nitrogens with one attached hydrogen (secondary N) is 2. The predicted molar refractivity (Wildman–Crippen MR) is 99.7 cm³/mol. The zero-order valence-corrected chi connectivity index (χ0v) is 15.0. The smallest absolute Gasteiger partial charge is 0.191 e. The first-order valence-corrected chi connectivity index (χ1v) is 8.82. The SMILES string of the molecule is CN=C(NCCc1cc2ccccc2o1)NCc1sc(C)nc1C. The number of hydrogen-bond acceptors (Lipinski definition) is 4. The highest BCUT2D eigenvalue weighted by Crippen LogP contribution is 2.19. The van der Waals surface area contributed by atoms with Gasteiger partial charge in [-0.25, -0.2) is 4.98 Å². The summed E-state index contributed by atoms with van der Waals surface area (Å²) in [6, 6.07) is 10.2. The van der Waals surface area contributed by atoms with E-state index in [1.807, 2.05) is 32.0 Å². The average molecular weight is 342 g/mol. The van der Waals surface area contributed by atoms with Gasteiger partial charge in [-0.2, -0.15) is 0 Å². The molecule has 0 saturated heterocycles. The molecule has 0 fully saturated rings. The van der Waals surface area contributed by atoms with E-state index >= 15 is 0 Å². The number of rotatable bonds is 5. The van der Waals surface area contributed by atoms with Crippen LogP contribution < -0.4 is 10.6 Å². The van der Waals surface area contributed by atoms with Crippen LogP contribution in [-0.2, 0) is 13.0 Å². The number of guanidine groups is 1. The molecular weight excluding hydrogens is 320 g/mol.